The third kappa shape index (κ3) is 3.11. The SMILES string of the molecule is CC(Cc1ccco1)NCC1OCCc2ccccc21. The van der Waals surface area contributed by atoms with E-state index in [9.17, 15) is 0 Å². The first-order valence-corrected chi connectivity index (χ1v) is 7.28. The fraction of sp³-hybridized carbons (Fsp3) is 0.412. The van der Waals surface area contributed by atoms with Gasteiger partial charge >= 0.3 is 0 Å². The van der Waals surface area contributed by atoms with E-state index >= 15 is 0 Å². The number of rotatable bonds is 5. The topological polar surface area (TPSA) is 34.4 Å². The maximum absolute atomic E-state index is 5.90. The first-order valence-electron chi connectivity index (χ1n) is 7.28. The molecule has 2 unspecified atom stereocenters. The molecule has 3 heteroatoms. The summed E-state index contributed by atoms with van der Waals surface area (Å²) in [7, 11) is 0. The smallest absolute Gasteiger partial charge is 0.105 e. The monoisotopic (exact) mass is 271 g/mol. The van der Waals surface area contributed by atoms with Crippen molar-refractivity contribution in [3.8, 4) is 0 Å². The van der Waals surface area contributed by atoms with Gasteiger partial charge in [-0.15, -0.1) is 0 Å². The van der Waals surface area contributed by atoms with Crippen LogP contribution in [0.2, 0.25) is 0 Å². The maximum atomic E-state index is 5.90. The molecule has 1 N–H and O–H groups in total. The van der Waals surface area contributed by atoms with Crippen LogP contribution in [0.3, 0.4) is 0 Å². The molecule has 20 heavy (non-hydrogen) atoms. The average molecular weight is 271 g/mol. The molecule has 2 heterocycles. The Balaban J connectivity index is 1.56. The second-order valence-electron chi connectivity index (χ2n) is 5.40. The molecule has 0 fully saturated rings. The van der Waals surface area contributed by atoms with Gasteiger partial charge in [-0.1, -0.05) is 24.3 Å². The van der Waals surface area contributed by atoms with E-state index in [1.807, 2.05) is 12.1 Å². The Morgan fingerprint density at radius 2 is 2.15 bits per heavy atom. The summed E-state index contributed by atoms with van der Waals surface area (Å²) >= 11 is 0. The van der Waals surface area contributed by atoms with E-state index in [2.05, 4.69) is 36.5 Å². The van der Waals surface area contributed by atoms with Crippen LogP contribution in [0.1, 0.15) is 29.9 Å². The molecule has 106 valence electrons. The van der Waals surface area contributed by atoms with Gasteiger partial charge < -0.3 is 14.5 Å². The minimum atomic E-state index is 0.166. The van der Waals surface area contributed by atoms with Gasteiger partial charge in [0, 0.05) is 19.0 Å². The molecule has 2 aromatic rings. The van der Waals surface area contributed by atoms with Gasteiger partial charge in [-0.2, -0.15) is 0 Å². The van der Waals surface area contributed by atoms with Crippen LogP contribution in [-0.4, -0.2) is 19.2 Å². The van der Waals surface area contributed by atoms with E-state index in [1.54, 1.807) is 6.26 Å². The molecular formula is C17H21NO2. The van der Waals surface area contributed by atoms with Crippen LogP contribution in [0.4, 0.5) is 0 Å². The van der Waals surface area contributed by atoms with E-state index in [0.29, 0.717) is 6.04 Å². The standard InChI is InChI=1S/C17H21NO2/c1-13(11-15-6-4-9-19-15)18-12-17-16-7-3-2-5-14(16)8-10-20-17/h2-7,9,13,17-18H,8,10-12H2,1H3. The second-order valence-corrected chi connectivity index (χ2v) is 5.40. The Bertz CT molecular complexity index is 536. The fourth-order valence-corrected chi connectivity index (χ4v) is 2.76. The summed E-state index contributed by atoms with van der Waals surface area (Å²) in [5.41, 5.74) is 2.75. The third-order valence-corrected chi connectivity index (χ3v) is 3.83. The lowest BCUT2D eigenvalue weighted by atomic mass is 9.97. The summed E-state index contributed by atoms with van der Waals surface area (Å²) in [6.07, 6.45) is 3.82. The minimum absolute atomic E-state index is 0.166. The van der Waals surface area contributed by atoms with Crippen LogP contribution < -0.4 is 5.32 Å². The molecule has 0 bridgehead atoms. The molecule has 1 aromatic carbocycles. The summed E-state index contributed by atoms with van der Waals surface area (Å²) < 4.78 is 11.3. The molecule has 0 amide bonds. The Hall–Kier alpha value is -1.58. The zero-order chi connectivity index (χ0) is 13.8. The van der Waals surface area contributed by atoms with E-state index < -0.39 is 0 Å². The summed E-state index contributed by atoms with van der Waals surface area (Å²) in [5.74, 6) is 1.02. The van der Waals surface area contributed by atoms with Crippen molar-refractivity contribution in [3.63, 3.8) is 0 Å². The van der Waals surface area contributed by atoms with Crippen LogP contribution in [0, 0.1) is 0 Å². The van der Waals surface area contributed by atoms with Crippen molar-refractivity contribution in [3.05, 3.63) is 59.5 Å². The van der Waals surface area contributed by atoms with E-state index in [0.717, 1.165) is 31.8 Å². The van der Waals surface area contributed by atoms with Crippen LogP contribution in [0.15, 0.2) is 47.1 Å². The van der Waals surface area contributed by atoms with Crippen molar-refractivity contribution in [2.24, 2.45) is 0 Å². The molecule has 0 saturated heterocycles. The molecule has 0 spiro atoms. The van der Waals surface area contributed by atoms with Crippen molar-refractivity contribution >= 4 is 0 Å². The summed E-state index contributed by atoms with van der Waals surface area (Å²) in [6.45, 7) is 3.84. The lowest BCUT2D eigenvalue weighted by Gasteiger charge is -2.27. The lowest BCUT2D eigenvalue weighted by Crippen LogP contribution is -2.34. The number of nitrogens with one attached hydrogen (secondary N) is 1. The zero-order valence-corrected chi connectivity index (χ0v) is 11.8. The second kappa shape index (κ2) is 6.25. The van der Waals surface area contributed by atoms with Crippen LogP contribution in [0.5, 0.6) is 0 Å². The number of hydrogen-bond acceptors (Lipinski definition) is 3. The van der Waals surface area contributed by atoms with Gasteiger partial charge in [0.1, 0.15) is 5.76 Å². The van der Waals surface area contributed by atoms with Gasteiger partial charge in [-0.3, -0.25) is 0 Å². The van der Waals surface area contributed by atoms with Crippen LogP contribution in [0.25, 0.3) is 0 Å². The van der Waals surface area contributed by atoms with Crippen molar-refractivity contribution in [1.29, 1.82) is 0 Å². The maximum Gasteiger partial charge on any atom is 0.105 e. The van der Waals surface area contributed by atoms with Gasteiger partial charge in [-0.05, 0) is 36.6 Å². The Labute approximate surface area is 119 Å². The number of fused-ring (bicyclic) bond motifs is 1. The van der Waals surface area contributed by atoms with E-state index in [-0.39, 0.29) is 6.10 Å². The molecule has 0 radical (unpaired) electrons. The minimum Gasteiger partial charge on any atom is -0.469 e. The predicted octanol–water partition coefficient (Wildman–Crippen LogP) is 3.11. The molecule has 0 aliphatic carbocycles. The first-order chi connectivity index (χ1) is 9.83. The van der Waals surface area contributed by atoms with Crippen LogP contribution >= 0.6 is 0 Å². The molecule has 3 nitrogen and oxygen atoms in total. The number of ether oxygens (including phenoxy) is 1. The fourth-order valence-electron chi connectivity index (χ4n) is 2.76. The number of furan rings is 1. The largest absolute Gasteiger partial charge is 0.469 e. The molecule has 3 rings (SSSR count). The van der Waals surface area contributed by atoms with Crippen molar-refractivity contribution in [2.45, 2.75) is 31.9 Å². The Morgan fingerprint density at radius 3 is 3.00 bits per heavy atom. The van der Waals surface area contributed by atoms with Crippen molar-refractivity contribution in [1.82, 2.24) is 5.32 Å². The number of hydrogen-bond donors (Lipinski definition) is 1. The van der Waals surface area contributed by atoms with Gasteiger partial charge in [0.15, 0.2) is 0 Å². The third-order valence-electron chi connectivity index (χ3n) is 3.83. The molecule has 1 aliphatic heterocycles. The van der Waals surface area contributed by atoms with Gasteiger partial charge in [-0.25, -0.2) is 0 Å². The highest BCUT2D eigenvalue weighted by Gasteiger charge is 2.20. The van der Waals surface area contributed by atoms with Crippen molar-refractivity contribution in [2.75, 3.05) is 13.2 Å². The summed E-state index contributed by atoms with van der Waals surface area (Å²) in [6, 6.07) is 12.9. The molecule has 1 aliphatic rings. The van der Waals surface area contributed by atoms with E-state index in [4.69, 9.17) is 9.15 Å². The predicted molar refractivity (Wildman–Crippen MR) is 78.7 cm³/mol. The van der Waals surface area contributed by atoms with Gasteiger partial charge in [0.2, 0.25) is 0 Å². The normalized spacial score (nSPS) is 19.6. The van der Waals surface area contributed by atoms with Crippen molar-refractivity contribution < 1.29 is 9.15 Å². The first kappa shape index (κ1) is 13.4. The van der Waals surface area contributed by atoms with Gasteiger partial charge in [0.05, 0.1) is 19.0 Å². The summed E-state index contributed by atoms with van der Waals surface area (Å²) in [5, 5.41) is 3.55. The Kier molecular flexibility index (Phi) is 4.19. The van der Waals surface area contributed by atoms with Gasteiger partial charge in [0.25, 0.3) is 0 Å². The molecular weight excluding hydrogens is 250 g/mol. The van der Waals surface area contributed by atoms with E-state index in [1.165, 1.54) is 11.1 Å². The molecule has 1 aromatic heterocycles. The van der Waals surface area contributed by atoms with Crippen LogP contribution in [-0.2, 0) is 17.6 Å². The summed E-state index contributed by atoms with van der Waals surface area (Å²) in [4.78, 5) is 0. The highest BCUT2D eigenvalue weighted by Crippen LogP contribution is 2.26. The highest BCUT2D eigenvalue weighted by molar-refractivity contribution is 5.31. The average Bonchev–Trinajstić information content (AvgIpc) is 2.98. The molecule has 2 atom stereocenters. The lowest BCUT2D eigenvalue weighted by molar-refractivity contribution is 0.0409. The number of benzene rings is 1. The molecule has 0 saturated carbocycles. The zero-order valence-electron chi connectivity index (χ0n) is 11.8. The quantitative estimate of drug-likeness (QED) is 0.907. The highest BCUT2D eigenvalue weighted by atomic mass is 16.5. The Morgan fingerprint density at radius 1 is 1.25 bits per heavy atom.